The van der Waals surface area contributed by atoms with Gasteiger partial charge in [0.25, 0.3) is 5.56 Å². The van der Waals surface area contributed by atoms with Crippen molar-refractivity contribution < 1.29 is 33.8 Å². The molecule has 1 aromatic carbocycles. The highest BCUT2D eigenvalue weighted by Crippen LogP contribution is 2.27. The Morgan fingerprint density at radius 2 is 1.69 bits per heavy atom. The Labute approximate surface area is 284 Å². The number of aliphatic hydroxyl groups is 1. The first kappa shape index (κ1) is 37.8. The second-order valence-corrected chi connectivity index (χ2v) is 11.1. The number of anilines is 2. The lowest BCUT2D eigenvalue weighted by Gasteiger charge is -2.24. The number of rotatable bonds is 15. The molecule has 49 heavy (non-hydrogen) atoms. The standard InChI is InChI=1S/C33H44N8O8/c1-6-41(23-11-12-24(20(2)17-23)37-25-19-26(38-33(47)48-5)29(44)28(43)22(25)4)15-16-49-32(46)35-14-10-8-7-9-13-34-31(45)40-30-36-21(3)18-27(42)39-30/h11-12,17-19,43H,6-10,13-16H2,1-5H3,(H,35,46)(H,38,47)(H3,34,36,39,40,42,45)/b37-25+. The van der Waals surface area contributed by atoms with Crippen molar-refractivity contribution in [1.29, 1.82) is 0 Å². The number of methoxy groups -OCH3 is 1. The number of aliphatic hydroxyl groups excluding tert-OH is 1. The second-order valence-electron chi connectivity index (χ2n) is 11.1. The van der Waals surface area contributed by atoms with Gasteiger partial charge in [-0.15, -0.1) is 0 Å². The maximum atomic E-state index is 12.4. The van der Waals surface area contributed by atoms with Crippen molar-refractivity contribution in [2.45, 2.75) is 53.4 Å². The number of ether oxygens (including phenoxy) is 2. The molecule has 4 amide bonds. The number of hydrogen-bond acceptors (Lipinski definition) is 11. The smallest absolute Gasteiger partial charge is 0.411 e. The van der Waals surface area contributed by atoms with Gasteiger partial charge in [-0.3, -0.25) is 20.2 Å². The molecule has 0 fully saturated rings. The van der Waals surface area contributed by atoms with Gasteiger partial charge >= 0.3 is 18.2 Å². The molecule has 264 valence electrons. The van der Waals surface area contributed by atoms with Crippen LogP contribution in [-0.4, -0.2) is 84.7 Å². The molecule has 0 unspecified atom stereocenters. The van der Waals surface area contributed by atoms with Crippen LogP contribution in [0.2, 0.25) is 0 Å². The van der Waals surface area contributed by atoms with Crippen LogP contribution < -0.4 is 31.7 Å². The van der Waals surface area contributed by atoms with Crippen molar-refractivity contribution >= 4 is 47.0 Å². The summed E-state index contributed by atoms with van der Waals surface area (Å²) in [6.07, 6.45) is 3.29. The minimum Gasteiger partial charge on any atom is -0.504 e. The number of aromatic nitrogens is 2. The third-order valence-electron chi connectivity index (χ3n) is 7.43. The van der Waals surface area contributed by atoms with E-state index < -0.39 is 35.3 Å². The molecule has 1 aromatic heterocycles. The first-order valence-electron chi connectivity index (χ1n) is 15.9. The minimum atomic E-state index is -0.840. The zero-order chi connectivity index (χ0) is 35.9. The van der Waals surface area contributed by atoms with E-state index in [1.807, 2.05) is 32.0 Å². The van der Waals surface area contributed by atoms with Crippen molar-refractivity contribution in [2.75, 3.05) is 50.1 Å². The fourth-order valence-corrected chi connectivity index (χ4v) is 4.75. The van der Waals surface area contributed by atoms with E-state index in [0.717, 1.165) is 36.9 Å². The number of alkyl carbamates (subject to hydrolysis) is 2. The second kappa shape index (κ2) is 18.6. The number of hydrogen-bond donors (Lipinski definition) is 6. The molecule has 1 aliphatic carbocycles. The average molecular weight is 681 g/mol. The molecule has 6 N–H and O–H groups in total. The Morgan fingerprint density at radius 1 is 0.980 bits per heavy atom. The number of aromatic amines is 1. The van der Waals surface area contributed by atoms with Gasteiger partial charge in [-0.2, -0.15) is 4.98 Å². The summed E-state index contributed by atoms with van der Waals surface area (Å²) in [6, 6.07) is 6.52. The number of ketones is 1. The summed E-state index contributed by atoms with van der Waals surface area (Å²) in [6.45, 7) is 9.38. The van der Waals surface area contributed by atoms with Gasteiger partial charge in [0, 0.05) is 42.7 Å². The predicted octanol–water partition coefficient (Wildman–Crippen LogP) is 4.05. The van der Waals surface area contributed by atoms with Crippen LogP contribution in [0.5, 0.6) is 0 Å². The first-order chi connectivity index (χ1) is 23.4. The van der Waals surface area contributed by atoms with Crippen LogP contribution in [0.3, 0.4) is 0 Å². The monoisotopic (exact) mass is 680 g/mol. The fourth-order valence-electron chi connectivity index (χ4n) is 4.75. The normalized spacial score (nSPS) is 13.4. The fraction of sp³-hybridized carbons (Fsp3) is 0.424. The van der Waals surface area contributed by atoms with Gasteiger partial charge < -0.3 is 35.1 Å². The van der Waals surface area contributed by atoms with E-state index in [1.165, 1.54) is 19.3 Å². The number of carbonyl (C=O) groups excluding carboxylic acids is 4. The third kappa shape index (κ3) is 11.8. The zero-order valence-corrected chi connectivity index (χ0v) is 28.4. The average Bonchev–Trinajstić information content (AvgIpc) is 3.05. The number of nitrogens with one attached hydrogen (secondary N) is 5. The highest BCUT2D eigenvalue weighted by atomic mass is 16.5. The number of urea groups is 1. The SMILES string of the molecule is CCN(CCOC(=O)NCCCCCCNC(=O)Nc1nc(=O)cc(C)[nH]1)c1ccc(/N=C2\C=C(NC(=O)OC)C(=O)C(O)=C2C)c(C)c1. The topological polar surface area (TPSA) is 216 Å². The Bertz CT molecular complexity index is 1680. The van der Waals surface area contributed by atoms with E-state index in [4.69, 9.17) is 4.74 Å². The molecule has 3 rings (SSSR count). The summed E-state index contributed by atoms with van der Waals surface area (Å²) >= 11 is 0. The summed E-state index contributed by atoms with van der Waals surface area (Å²) in [7, 11) is 1.17. The van der Waals surface area contributed by atoms with Crippen LogP contribution in [0.25, 0.3) is 0 Å². The molecule has 1 aliphatic rings. The molecule has 16 heteroatoms. The molecule has 1 heterocycles. The van der Waals surface area contributed by atoms with E-state index in [1.54, 1.807) is 13.8 Å². The summed E-state index contributed by atoms with van der Waals surface area (Å²) in [5, 5.41) is 20.6. The van der Waals surface area contributed by atoms with Gasteiger partial charge in [0.05, 0.1) is 30.8 Å². The molecule has 16 nitrogen and oxygen atoms in total. The molecule has 0 saturated heterocycles. The van der Waals surface area contributed by atoms with Crippen LogP contribution in [-0.2, 0) is 14.3 Å². The van der Waals surface area contributed by atoms with E-state index in [9.17, 15) is 29.1 Å². The summed E-state index contributed by atoms with van der Waals surface area (Å²) in [5.74, 6) is -1.14. The molecular formula is C33H44N8O8. The molecule has 0 radical (unpaired) electrons. The predicted molar refractivity (Wildman–Crippen MR) is 185 cm³/mol. The van der Waals surface area contributed by atoms with Crippen LogP contribution in [0, 0.1) is 13.8 Å². The van der Waals surface area contributed by atoms with E-state index in [0.29, 0.717) is 43.3 Å². The molecule has 0 bridgehead atoms. The lowest BCUT2D eigenvalue weighted by Crippen LogP contribution is -2.31. The van der Waals surface area contributed by atoms with Gasteiger partial charge in [-0.25, -0.2) is 19.4 Å². The van der Waals surface area contributed by atoms with Crippen molar-refractivity contribution in [2.24, 2.45) is 4.99 Å². The van der Waals surface area contributed by atoms with Gasteiger partial charge in [0.2, 0.25) is 11.7 Å². The molecule has 2 aromatic rings. The number of carbonyl (C=O) groups is 4. The quantitative estimate of drug-likeness (QED) is 0.117. The lowest BCUT2D eigenvalue weighted by molar-refractivity contribution is -0.115. The van der Waals surface area contributed by atoms with Gasteiger partial charge in [-0.1, -0.05) is 12.8 Å². The number of nitrogens with zero attached hydrogens (tertiary/aromatic N) is 3. The summed E-state index contributed by atoms with van der Waals surface area (Å²) in [5.41, 5.74) is 2.96. The summed E-state index contributed by atoms with van der Waals surface area (Å²) in [4.78, 5) is 72.7. The maximum Gasteiger partial charge on any atom is 0.411 e. The highest BCUT2D eigenvalue weighted by Gasteiger charge is 2.26. The largest absolute Gasteiger partial charge is 0.504 e. The number of unbranched alkanes of at least 4 members (excludes halogenated alkanes) is 3. The molecule has 0 spiro atoms. The molecular weight excluding hydrogens is 636 g/mol. The number of benzene rings is 1. The summed E-state index contributed by atoms with van der Waals surface area (Å²) < 4.78 is 9.91. The van der Waals surface area contributed by atoms with Crippen molar-refractivity contribution in [3.05, 3.63) is 69.0 Å². The van der Waals surface area contributed by atoms with Crippen LogP contribution in [0.4, 0.5) is 31.7 Å². The minimum absolute atomic E-state index is 0.0934. The third-order valence-corrected chi connectivity index (χ3v) is 7.43. The van der Waals surface area contributed by atoms with Gasteiger partial charge in [0.1, 0.15) is 6.61 Å². The number of amides is 4. The van der Waals surface area contributed by atoms with Crippen LogP contribution >= 0.6 is 0 Å². The number of allylic oxidation sites excluding steroid dienone is 2. The molecule has 0 aliphatic heterocycles. The Hall–Kier alpha value is -5.67. The van der Waals surface area contributed by atoms with Gasteiger partial charge in [0.15, 0.2) is 5.76 Å². The Balaban J connectivity index is 1.37. The zero-order valence-electron chi connectivity index (χ0n) is 28.4. The van der Waals surface area contributed by atoms with Crippen LogP contribution in [0.1, 0.15) is 50.8 Å². The van der Waals surface area contributed by atoms with Crippen molar-refractivity contribution in [3.8, 4) is 0 Å². The van der Waals surface area contributed by atoms with E-state index in [-0.39, 0.29) is 23.8 Å². The van der Waals surface area contributed by atoms with Crippen molar-refractivity contribution in [3.63, 3.8) is 0 Å². The first-order valence-corrected chi connectivity index (χ1v) is 15.9. The Kier molecular flexibility index (Phi) is 14.4. The molecule has 0 atom stereocenters. The lowest BCUT2D eigenvalue weighted by atomic mass is 9.99. The Morgan fingerprint density at radius 3 is 2.35 bits per heavy atom. The van der Waals surface area contributed by atoms with Crippen molar-refractivity contribution in [1.82, 2.24) is 25.9 Å². The van der Waals surface area contributed by atoms with E-state index >= 15 is 0 Å². The van der Waals surface area contributed by atoms with Gasteiger partial charge in [-0.05, 0) is 70.4 Å². The number of H-pyrrole nitrogens is 1. The van der Waals surface area contributed by atoms with E-state index in [2.05, 4.69) is 45.9 Å². The number of Topliss-reactive ketones (excluding diaryl/α,β-unsaturated/α-hetero) is 1. The maximum absolute atomic E-state index is 12.4. The number of aryl methyl sites for hydroxylation is 2. The van der Waals surface area contributed by atoms with Crippen LogP contribution in [0.15, 0.2) is 57.2 Å². The number of likely N-dealkylation sites (N-methyl/N-ethyl adjacent to an activating group) is 1. The number of aliphatic imine (C=N–C) groups is 1. The molecule has 0 saturated carbocycles. The highest BCUT2D eigenvalue weighted by molar-refractivity contribution is 6.24.